The molecule has 90 valence electrons. The molecule has 0 N–H and O–H groups in total. The predicted octanol–water partition coefficient (Wildman–Crippen LogP) is 2.16. The van der Waals surface area contributed by atoms with Gasteiger partial charge in [0.1, 0.15) is 6.61 Å². The first-order valence-corrected chi connectivity index (χ1v) is 5.05. The molecule has 0 saturated heterocycles. The topological polar surface area (TPSA) is 18.5 Å². The highest BCUT2D eigenvalue weighted by molar-refractivity contribution is 6.74. The predicted molar refractivity (Wildman–Crippen MR) is 57.1 cm³/mol. The van der Waals surface area contributed by atoms with Crippen molar-refractivity contribution in [1.29, 1.82) is 0 Å². The van der Waals surface area contributed by atoms with Gasteiger partial charge in [-0.2, -0.15) is 0 Å². The molecule has 16 heavy (non-hydrogen) atoms. The summed E-state index contributed by atoms with van der Waals surface area (Å²) >= 11 is 0. The molecule has 0 aliphatic carbocycles. The van der Waals surface area contributed by atoms with E-state index in [9.17, 15) is 12.9 Å². The zero-order chi connectivity index (χ0) is 12.0. The lowest BCUT2D eigenvalue weighted by Crippen LogP contribution is -2.35. The Morgan fingerprint density at radius 1 is 1.12 bits per heavy atom. The summed E-state index contributed by atoms with van der Waals surface area (Å²) in [5.74, 6) is -0.130. The minimum atomic E-state index is -5.03. The molecule has 0 radical (unpaired) electrons. The van der Waals surface area contributed by atoms with E-state index in [2.05, 4.69) is 0 Å². The van der Waals surface area contributed by atoms with Crippen LogP contribution in [0.25, 0.3) is 0 Å². The van der Waals surface area contributed by atoms with E-state index in [1.807, 2.05) is 6.92 Å². The lowest BCUT2D eigenvalue weighted by atomic mass is 9.79. The van der Waals surface area contributed by atoms with Gasteiger partial charge >= 0.3 is 6.98 Å². The molecule has 0 bridgehead atoms. The minimum absolute atomic E-state index is 0.122. The molecule has 0 unspecified atom stereocenters. The van der Waals surface area contributed by atoms with Gasteiger partial charge in [0, 0.05) is 6.61 Å². The Morgan fingerprint density at radius 2 is 1.81 bits per heavy atom. The van der Waals surface area contributed by atoms with Gasteiger partial charge in [0.25, 0.3) is 0 Å². The Labute approximate surface area is 92.4 Å². The van der Waals surface area contributed by atoms with Gasteiger partial charge in [0.2, 0.25) is 0 Å². The van der Waals surface area contributed by atoms with E-state index >= 15 is 0 Å². The van der Waals surface area contributed by atoms with Gasteiger partial charge in [-0.05, 0) is 13.0 Å². The Hall–Kier alpha value is -1.17. The number of hydrogen-bond donors (Lipinski definition) is 0. The molecule has 2 nitrogen and oxygen atoms in total. The van der Waals surface area contributed by atoms with E-state index in [0.717, 1.165) is 6.07 Å². The standard InChI is InChI=1S/C10H13BF3O2/c1-2-15-7-8-16-10-6-4-3-5-9(10)11(12,13)14/h3-6H,2,7-8H2,1H3/q-1. The first-order valence-electron chi connectivity index (χ1n) is 5.05. The summed E-state index contributed by atoms with van der Waals surface area (Å²) < 4.78 is 47.7. The van der Waals surface area contributed by atoms with Gasteiger partial charge in [0.05, 0.1) is 12.4 Å². The van der Waals surface area contributed by atoms with Crippen molar-refractivity contribution in [3.63, 3.8) is 0 Å². The second kappa shape index (κ2) is 5.79. The SMILES string of the molecule is CCOCCOc1ccccc1[B-](F)(F)F. The maximum atomic E-state index is 12.6. The van der Waals surface area contributed by atoms with Gasteiger partial charge in [-0.15, -0.1) is 0 Å². The molecule has 6 heteroatoms. The summed E-state index contributed by atoms with van der Waals surface area (Å²) in [7, 11) is 0. The molecule has 1 aromatic rings. The number of halogens is 3. The van der Waals surface area contributed by atoms with Crippen LogP contribution in [0.5, 0.6) is 5.75 Å². The van der Waals surface area contributed by atoms with Crippen LogP contribution in [0.15, 0.2) is 24.3 Å². The molecule has 0 spiro atoms. The van der Waals surface area contributed by atoms with Gasteiger partial charge in [-0.3, -0.25) is 0 Å². The summed E-state index contributed by atoms with van der Waals surface area (Å²) in [6, 6.07) is 5.20. The zero-order valence-corrected chi connectivity index (χ0v) is 8.96. The third-order valence-corrected chi connectivity index (χ3v) is 1.96. The Kier molecular flexibility index (Phi) is 4.67. The highest BCUT2D eigenvalue weighted by atomic mass is 19.4. The molecule has 0 aromatic heterocycles. The fourth-order valence-electron chi connectivity index (χ4n) is 1.24. The first-order chi connectivity index (χ1) is 7.55. The summed E-state index contributed by atoms with van der Waals surface area (Å²) in [4.78, 5) is 0. The van der Waals surface area contributed by atoms with Crippen molar-refractivity contribution in [2.75, 3.05) is 19.8 Å². The number of para-hydroxylation sites is 1. The molecule has 0 heterocycles. The Morgan fingerprint density at radius 3 is 2.44 bits per heavy atom. The van der Waals surface area contributed by atoms with E-state index in [-0.39, 0.29) is 19.0 Å². The molecular formula is C10H13BF3O2-. The highest BCUT2D eigenvalue weighted by Crippen LogP contribution is 2.17. The lowest BCUT2D eigenvalue weighted by Gasteiger charge is -2.19. The van der Waals surface area contributed by atoms with Crippen molar-refractivity contribution >= 4 is 12.4 Å². The maximum absolute atomic E-state index is 12.6. The molecule has 1 aromatic carbocycles. The molecule has 0 aliphatic rings. The molecule has 0 fully saturated rings. The number of rotatable bonds is 6. The molecule has 1 rings (SSSR count). The highest BCUT2D eigenvalue weighted by Gasteiger charge is 2.28. The molecular weight excluding hydrogens is 220 g/mol. The summed E-state index contributed by atoms with van der Waals surface area (Å²) in [5.41, 5.74) is -0.695. The Bertz CT molecular complexity index is 328. The van der Waals surface area contributed by atoms with Crippen LogP contribution in [0.3, 0.4) is 0 Å². The number of hydrogen-bond acceptors (Lipinski definition) is 2. The van der Waals surface area contributed by atoms with Crippen molar-refractivity contribution in [2.24, 2.45) is 0 Å². The molecule has 0 aliphatic heterocycles. The van der Waals surface area contributed by atoms with E-state index in [4.69, 9.17) is 9.47 Å². The van der Waals surface area contributed by atoms with E-state index < -0.39 is 12.4 Å². The fourth-order valence-corrected chi connectivity index (χ4v) is 1.24. The normalized spacial score (nSPS) is 11.5. The van der Waals surface area contributed by atoms with Crippen LogP contribution in [-0.2, 0) is 4.74 Å². The third kappa shape index (κ3) is 3.77. The van der Waals surface area contributed by atoms with Crippen LogP contribution < -0.4 is 10.2 Å². The Balaban J connectivity index is 2.65. The van der Waals surface area contributed by atoms with Gasteiger partial charge < -0.3 is 22.4 Å². The van der Waals surface area contributed by atoms with Gasteiger partial charge in [-0.25, -0.2) is 0 Å². The quantitative estimate of drug-likeness (QED) is 0.553. The van der Waals surface area contributed by atoms with Crippen LogP contribution in [-0.4, -0.2) is 26.8 Å². The van der Waals surface area contributed by atoms with Gasteiger partial charge in [0.15, 0.2) is 0 Å². The summed E-state index contributed by atoms with van der Waals surface area (Å²) in [6.45, 7) is -2.28. The zero-order valence-electron chi connectivity index (χ0n) is 8.96. The second-order valence-corrected chi connectivity index (χ2v) is 3.16. The lowest BCUT2D eigenvalue weighted by molar-refractivity contribution is 0.110. The van der Waals surface area contributed by atoms with Crippen molar-refractivity contribution in [3.05, 3.63) is 24.3 Å². The van der Waals surface area contributed by atoms with E-state index in [1.165, 1.54) is 18.2 Å². The van der Waals surface area contributed by atoms with Crippen molar-refractivity contribution < 1.29 is 22.4 Å². The molecule has 0 saturated carbocycles. The van der Waals surface area contributed by atoms with Crippen molar-refractivity contribution in [3.8, 4) is 5.75 Å². The number of benzene rings is 1. The minimum Gasteiger partial charge on any atom is -0.494 e. The molecule has 0 atom stereocenters. The van der Waals surface area contributed by atoms with Crippen molar-refractivity contribution in [2.45, 2.75) is 6.92 Å². The van der Waals surface area contributed by atoms with Crippen LogP contribution in [0, 0.1) is 0 Å². The van der Waals surface area contributed by atoms with Crippen LogP contribution >= 0.6 is 0 Å². The monoisotopic (exact) mass is 233 g/mol. The smallest absolute Gasteiger partial charge is 0.494 e. The maximum Gasteiger partial charge on any atom is 0.513 e. The van der Waals surface area contributed by atoms with Crippen molar-refractivity contribution in [1.82, 2.24) is 0 Å². The molecule has 0 amide bonds. The van der Waals surface area contributed by atoms with Crippen LogP contribution in [0.4, 0.5) is 12.9 Å². The second-order valence-electron chi connectivity index (χ2n) is 3.16. The largest absolute Gasteiger partial charge is 0.513 e. The summed E-state index contributed by atoms with van der Waals surface area (Å²) in [5, 5.41) is 0. The van der Waals surface area contributed by atoms with Gasteiger partial charge in [-0.1, -0.05) is 23.7 Å². The number of ether oxygens (including phenoxy) is 2. The third-order valence-electron chi connectivity index (χ3n) is 1.96. The van der Waals surface area contributed by atoms with Crippen LogP contribution in [0.1, 0.15) is 6.92 Å². The first kappa shape index (κ1) is 12.9. The van der Waals surface area contributed by atoms with E-state index in [1.54, 1.807) is 0 Å². The fraction of sp³-hybridized carbons (Fsp3) is 0.400. The average molecular weight is 233 g/mol. The van der Waals surface area contributed by atoms with Crippen LogP contribution in [0.2, 0.25) is 0 Å². The van der Waals surface area contributed by atoms with E-state index in [0.29, 0.717) is 6.61 Å². The summed E-state index contributed by atoms with van der Waals surface area (Å²) in [6.07, 6.45) is 0. The average Bonchev–Trinajstić information content (AvgIpc) is 2.24.